The molecule has 0 saturated carbocycles. The zero-order valence-electron chi connectivity index (χ0n) is 18.5. The van der Waals surface area contributed by atoms with Crippen molar-refractivity contribution in [2.45, 2.75) is 19.3 Å². The minimum absolute atomic E-state index is 0. The Kier molecular flexibility index (Phi) is 12.9. The van der Waals surface area contributed by atoms with Gasteiger partial charge in [0.1, 0.15) is 5.75 Å². The molecule has 0 heterocycles. The molecule has 0 aliphatic heterocycles. The molecule has 0 saturated heterocycles. The van der Waals surface area contributed by atoms with E-state index in [-0.39, 0.29) is 29.3 Å². The van der Waals surface area contributed by atoms with E-state index in [0.717, 1.165) is 19.4 Å². The number of carbonyl (C=O) groups excluding carboxylic acids is 2. The van der Waals surface area contributed by atoms with Gasteiger partial charge in [0.25, 0.3) is 5.91 Å². The van der Waals surface area contributed by atoms with Crippen molar-refractivity contribution in [3.63, 3.8) is 0 Å². The molecule has 0 spiro atoms. The van der Waals surface area contributed by atoms with E-state index >= 15 is 0 Å². The normalized spacial score (nSPS) is 10.2. The van der Waals surface area contributed by atoms with Gasteiger partial charge in [0.2, 0.25) is 5.91 Å². The Labute approximate surface area is 222 Å². The van der Waals surface area contributed by atoms with Crippen molar-refractivity contribution in [3.05, 3.63) is 50.9 Å². The van der Waals surface area contributed by atoms with Crippen molar-refractivity contribution in [2.24, 2.45) is 0 Å². The number of thiocarbonyl (C=S) groups is 1. The second-order valence-electron chi connectivity index (χ2n) is 7.27. The monoisotopic (exact) mass is 620 g/mol. The van der Waals surface area contributed by atoms with Crippen molar-refractivity contribution >= 4 is 84.8 Å². The number of benzene rings is 2. The second kappa shape index (κ2) is 14.5. The molecular weight excluding hydrogens is 596 g/mol. The molecule has 7 nitrogen and oxygen atoms in total. The quantitative estimate of drug-likeness (QED) is 0.255. The van der Waals surface area contributed by atoms with E-state index in [1.807, 2.05) is 14.1 Å². The average molecular weight is 623 g/mol. The SMILES string of the molecule is COc1c(Br)cc(C(=O)NC(=S)Nc2ccc(NC(=O)CCCCN(C)C)cc2)cc1Br.Cl. The lowest BCUT2D eigenvalue weighted by Crippen LogP contribution is -2.34. The minimum atomic E-state index is -0.357. The predicted octanol–water partition coefficient (Wildman–Crippen LogP) is 5.44. The summed E-state index contributed by atoms with van der Waals surface area (Å²) in [7, 11) is 5.58. The average Bonchev–Trinajstić information content (AvgIpc) is 2.72. The number of rotatable bonds is 9. The lowest BCUT2D eigenvalue weighted by molar-refractivity contribution is -0.116. The number of anilines is 2. The van der Waals surface area contributed by atoms with Crippen LogP contribution in [-0.4, -0.2) is 49.6 Å². The van der Waals surface area contributed by atoms with E-state index < -0.39 is 0 Å². The fraction of sp³-hybridized carbons (Fsp3) is 0.318. The van der Waals surface area contributed by atoms with Crippen LogP contribution in [0.3, 0.4) is 0 Å². The molecule has 0 atom stereocenters. The van der Waals surface area contributed by atoms with E-state index in [1.165, 1.54) is 0 Å². The lowest BCUT2D eigenvalue weighted by Gasteiger charge is -2.12. The largest absolute Gasteiger partial charge is 0.494 e. The third kappa shape index (κ3) is 9.97. The van der Waals surface area contributed by atoms with Crippen LogP contribution in [0.1, 0.15) is 29.6 Å². The molecule has 2 rings (SSSR count). The summed E-state index contributed by atoms with van der Waals surface area (Å²) in [6.45, 7) is 0.969. The van der Waals surface area contributed by atoms with E-state index in [4.69, 9.17) is 17.0 Å². The van der Waals surface area contributed by atoms with Crippen LogP contribution >= 0.6 is 56.5 Å². The van der Waals surface area contributed by atoms with Gasteiger partial charge in [-0.3, -0.25) is 14.9 Å². The third-order valence-electron chi connectivity index (χ3n) is 4.38. The summed E-state index contributed by atoms with van der Waals surface area (Å²) in [4.78, 5) is 26.6. The van der Waals surface area contributed by atoms with Gasteiger partial charge in [0.15, 0.2) is 5.11 Å². The van der Waals surface area contributed by atoms with Gasteiger partial charge in [-0.15, -0.1) is 12.4 Å². The fourth-order valence-corrected chi connectivity index (χ4v) is 4.52. The highest BCUT2D eigenvalue weighted by Gasteiger charge is 2.14. The van der Waals surface area contributed by atoms with Crippen LogP contribution in [0, 0.1) is 0 Å². The van der Waals surface area contributed by atoms with Gasteiger partial charge >= 0.3 is 0 Å². The first kappa shape index (κ1) is 29.3. The zero-order valence-corrected chi connectivity index (χ0v) is 23.3. The molecule has 0 fully saturated rings. The van der Waals surface area contributed by atoms with E-state index in [0.29, 0.717) is 38.1 Å². The van der Waals surface area contributed by atoms with Crippen molar-refractivity contribution in [1.82, 2.24) is 10.2 Å². The predicted molar refractivity (Wildman–Crippen MR) is 147 cm³/mol. The maximum Gasteiger partial charge on any atom is 0.257 e. The Balaban J connectivity index is 0.00000544. The number of nitrogens with one attached hydrogen (secondary N) is 3. The van der Waals surface area contributed by atoms with Gasteiger partial charge < -0.3 is 20.3 Å². The molecule has 3 N–H and O–H groups in total. The van der Waals surface area contributed by atoms with Crippen LogP contribution in [-0.2, 0) is 4.79 Å². The van der Waals surface area contributed by atoms with E-state index in [1.54, 1.807) is 43.5 Å². The second-order valence-corrected chi connectivity index (χ2v) is 9.38. The topological polar surface area (TPSA) is 82.7 Å². The van der Waals surface area contributed by atoms with Crippen LogP contribution in [0.4, 0.5) is 11.4 Å². The zero-order chi connectivity index (χ0) is 23.7. The summed E-state index contributed by atoms with van der Waals surface area (Å²) in [5, 5.41) is 8.65. The van der Waals surface area contributed by atoms with Gasteiger partial charge in [-0.1, -0.05) is 0 Å². The molecule has 11 heteroatoms. The van der Waals surface area contributed by atoms with Crippen molar-refractivity contribution in [2.75, 3.05) is 38.4 Å². The number of carbonyl (C=O) groups is 2. The first-order chi connectivity index (χ1) is 15.2. The third-order valence-corrected chi connectivity index (χ3v) is 5.76. The Morgan fingerprint density at radius 1 is 1.00 bits per heavy atom. The molecule has 2 aromatic rings. The summed E-state index contributed by atoms with van der Waals surface area (Å²) >= 11 is 12.0. The maximum absolute atomic E-state index is 12.5. The molecule has 2 amide bonds. The maximum atomic E-state index is 12.5. The molecular formula is C22H27Br2ClN4O3S. The molecule has 2 aromatic carbocycles. The number of nitrogens with zero attached hydrogens (tertiary/aromatic N) is 1. The fourth-order valence-electron chi connectivity index (χ4n) is 2.80. The van der Waals surface area contributed by atoms with Crippen molar-refractivity contribution < 1.29 is 14.3 Å². The Bertz CT molecular complexity index is 952. The molecule has 180 valence electrons. The molecule has 0 aliphatic rings. The molecule has 0 radical (unpaired) electrons. The highest BCUT2D eigenvalue weighted by molar-refractivity contribution is 9.11. The summed E-state index contributed by atoms with van der Waals surface area (Å²) in [6, 6.07) is 10.4. The van der Waals surface area contributed by atoms with Gasteiger partial charge in [-0.25, -0.2) is 0 Å². The number of methoxy groups -OCH3 is 1. The van der Waals surface area contributed by atoms with E-state index in [2.05, 4.69) is 52.7 Å². The van der Waals surface area contributed by atoms with Crippen molar-refractivity contribution in [1.29, 1.82) is 0 Å². The van der Waals surface area contributed by atoms with Gasteiger partial charge in [-0.05, 0) is 114 Å². The van der Waals surface area contributed by atoms with E-state index in [9.17, 15) is 9.59 Å². The molecule has 0 aliphatic carbocycles. The number of unbranched alkanes of at least 4 members (excludes halogenated alkanes) is 1. The number of hydrogen-bond acceptors (Lipinski definition) is 5. The molecule has 0 aromatic heterocycles. The van der Waals surface area contributed by atoms with Gasteiger partial charge in [-0.2, -0.15) is 0 Å². The Morgan fingerprint density at radius 3 is 2.06 bits per heavy atom. The van der Waals surface area contributed by atoms with Crippen molar-refractivity contribution in [3.8, 4) is 5.75 Å². The highest BCUT2D eigenvalue weighted by Crippen LogP contribution is 2.34. The number of halogens is 3. The Morgan fingerprint density at radius 2 is 1.55 bits per heavy atom. The lowest BCUT2D eigenvalue weighted by atomic mass is 10.2. The molecule has 33 heavy (non-hydrogen) atoms. The summed E-state index contributed by atoms with van der Waals surface area (Å²) in [5.41, 5.74) is 1.81. The van der Waals surface area contributed by atoms with Gasteiger partial charge in [0.05, 0.1) is 16.1 Å². The standard InChI is InChI=1S/C22H26Br2N4O3S.ClH/c1-28(2)11-5-4-6-19(29)25-15-7-9-16(10-8-15)26-22(32)27-21(30)14-12-17(23)20(31-3)18(24)13-14;/h7-10,12-13H,4-6,11H2,1-3H3,(H,25,29)(H2,26,27,30,32);1H. The smallest absolute Gasteiger partial charge is 0.257 e. The minimum Gasteiger partial charge on any atom is -0.494 e. The summed E-state index contributed by atoms with van der Waals surface area (Å²) in [5.74, 6) is 0.233. The Hall–Kier alpha value is -1.72. The first-order valence-corrected chi connectivity index (χ1v) is 11.9. The highest BCUT2D eigenvalue weighted by atomic mass is 79.9. The summed E-state index contributed by atoms with van der Waals surface area (Å²) in [6.07, 6.45) is 2.32. The summed E-state index contributed by atoms with van der Waals surface area (Å²) < 4.78 is 6.54. The van der Waals surface area contributed by atoms with Crippen LogP contribution in [0.15, 0.2) is 45.3 Å². The van der Waals surface area contributed by atoms with Gasteiger partial charge in [0, 0.05) is 23.4 Å². The first-order valence-electron chi connectivity index (χ1n) is 9.89. The van der Waals surface area contributed by atoms with Crippen LogP contribution in [0.25, 0.3) is 0 Å². The van der Waals surface area contributed by atoms with Crippen LogP contribution in [0.5, 0.6) is 5.75 Å². The number of ether oxygens (including phenoxy) is 1. The molecule has 0 bridgehead atoms. The van der Waals surface area contributed by atoms with Crippen LogP contribution < -0.4 is 20.7 Å². The van der Waals surface area contributed by atoms with Crippen LogP contribution in [0.2, 0.25) is 0 Å². The molecule has 0 unspecified atom stereocenters. The number of amides is 2. The number of hydrogen-bond donors (Lipinski definition) is 3.